The third-order valence-corrected chi connectivity index (χ3v) is 15.8. The maximum Gasteiger partial charge on any atom is 0.311 e. The molecule has 0 spiro atoms. The number of aliphatic hydroxyl groups is 5. The van der Waals surface area contributed by atoms with Crippen molar-refractivity contribution >= 4 is 11.7 Å². The highest BCUT2D eigenvalue weighted by molar-refractivity contribution is 5.89. The van der Waals surface area contributed by atoms with Gasteiger partial charge in [-0.15, -0.1) is 0 Å². The summed E-state index contributed by atoms with van der Waals surface area (Å²) in [6.07, 6.45) is -9.71. The molecule has 6 rings (SSSR count). The molecule has 3 fully saturated rings. The van der Waals surface area contributed by atoms with E-state index in [1.807, 2.05) is 131 Å². The Bertz CT molecular complexity index is 2080. The number of nitrogens with zero attached hydrogens (tertiary/aromatic N) is 2. The van der Waals surface area contributed by atoms with Gasteiger partial charge in [-0.05, 0) is 97.5 Å². The molecule has 3 aromatic carbocycles. The number of likely N-dealkylation sites (N-methyl/N-ethyl adjacent to an activating group) is 1. The molecule has 3 heterocycles. The van der Waals surface area contributed by atoms with Gasteiger partial charge >= 0.3 is 5.97 Å². The Morgan fingerprint density at radius 3 is 1.80 bits per heavy atom. The van der Waals surface area contributed by atoms with Crippen molar-refractivity contribution in [3.63, 3.8) is 0 Å². The van der Waals surface area contributed by atoms with Crippen molar-refractivity contribution in [2.75, 3.05) is 21.2 Å². The summed E-state index contributed by atoms with van der Waals surface area (Å²) < 4.78 is 38.5. The number of nitrogens with one attached hydrogen (secondary N) is 1. The van der Waals surface area contributed by atoms with E-state index in [2.05, 4.69) is 5.43 Å². The Morgan fingerprint density at radius 2 is 1.31 bits per heavy atom. The predicted octanol–water partition coefficient (Wildman–Crippen LogP) is 6.15. The first-order valence-electron chi connectivity index (χ1n) is 25.5. The Kier molecular flexibility index (Phi) is 18.4. The van der Waals surface area contributed by atoms with Gasteiger partial charge in [-0.1, -0.05) is 119 Å². The summed E-state index contributed by atoms with van der Waals surface area (Å²) in [5.74, 6) is -4.22. The lowest BCUT2D eigenvalue weighted by Crippen LogP contribution is -2.61. The second kappa shape index (κ2) is 23.1. The minimum Gasteiger partial charge on any atom is -0.459 e. The molecule has 2 unspecified atom stereocenters. The molecule has 0 bridgehead atoms. The third kappa shape index (κ3) is 11.9. The smallest absolute Gasteiger partial charge is 0.311 e. The second-order valence-electron chi connectivity index (χ2n) is 21.6. The first kappa shape index (κ1) is 56.5. The summed E-state index contributed by atoms with van der Waals surface area (Å²) in [5.41, 5.74) is 0.721. The molecule has 394 valence electrons. The van der Waals surface area contributed by atoms with Crippen LogP contribution in [0.5, 0.6) is 0 Å². The van der Waals surface area contributed by atoms with E-state index in [9.17, 15) is 30.3 Å². The number of ether oxygens (including phenoxy) is 6. The number of rotatable bonds is 12. The summed E-state index contributed by atoms with van der Waals surface area (Å²) in [6.45, 7) is 17.4. The van der Waals surface area contributed by atoms with E-state index in [1.54, 1.807) is 41.5 Å². The van der Waals surface area contributed by atoms with Crippen LogP contribution >= 0.6 is 0 Å². The van der Waals surface area contributed by atoms with E-state index in [1.165, 1.54) is 14.0 Å². The van der Waals surface area contributed by atoms with E-state index in [4.69, 9.17) is 33.5 Å². The van der Waals surface area contributed by atoms with Crippen LogP contribution in [0.2, 0.25) is 0 Å². The van der Waals surface area contributed by atoms with Gasteiger partial charge in [0.2, 0.25) is 0 Å². The van der Waals surface area contributed by atoms with Crippen LogP contribution in [0.3, 0.4) is 0 Å². The van der Waals surface area contributed by atoms with E-state index >= 15 is 0 Å². The van der Waals surface area contributed by atoms with Crippen molar-refractivity contribution in [3.8, 4) is 0 Å². The van der Waals surface area contributed by atoms with Crippen LogP contribution in [0.15, 0.2) is 96.1 Å². The monoisotopic (exact) mass is 990 g/mol. The molecule has 71 heavy (non-hydrogen) atoms. The van der Waals surface area contributed by atoms with E-state index in [0.29, 0.717) is 12.1 Å². The Hall–Kier alpha value is -3.84. The number of carbonyl (C=O) groups is 1. The summed E-state index contributed by atoms with van der Waals surface area (Å²) in [7, 11) is 5.27. The van der Waals surface area contributed by atoms with E-state index < -0.39 is 107 Å². The van der Waals surface area contributed by atoms with Gasteiger partial charge in [0.05, 0.1) is 47.6 Å². The molecule has 0 amide bonds. The topological polar surface area (TPSA) is 201 Å². The maximum atomic E-state index is 14.7. The molecule has 0 aliphatic carbocycles. The van der Waals surface area contributed by atoms with Crippen molar-refractivity contribution in [2.45, 2.75) is 185 Å². The molecule has 3 aliphatic rings. The maximum absolute atomic E-state index is 14.7. The number of methoxy groups -OCH3 is 1. The molecular weight excluding hydrogens is 907 g/mol. The summed E-state index contributed by atoms with van der Waals surface area (Å²) >= 11 is 0. The standard InChI is InChI=1S/C56H83N3O12/c1-14-43-55(10,65)48(61)35(4)45(57-58-56(39-24-18-15-19-25-39,40-26-20-16-21-27-40)41-28-22-17-23-29-41)33(2)31-53(8,64)50(71-52-46(60)42(59(11)12)30-34(3)67-52)36(5)47(37(6)51(63)69-43)70-44-32-54(9,66-13)49(62)38(7)68-44/h15-29,33-38,42-44,46-50,52,58,60-62,64-65H,14,30-32H2,1-13H3/b57-45+/t33-,34-,35+,36+,37-,38+,42+,43?,44+,46-,47?,48-,49+,50-,52+,53-,54-,55-/m1/s1. The first-order valence-corrected chi connectivity index (χ1v) is 25.5. The highest BCUT2D eigenvalue weighted by atomic mass is 16.7. The van der Waals surface area contributed by atoms with Crippen molar-refractivity contribution < 1.29 is 58.7 Å². The van der Waals surface area contributed by atoms with Crippen LogP contribution in [-0.2, 0) is 38.8 Å². The minimum atomic E-state index is -2.01. The molecule has 6 N–H and O–H groups in total. The number of hydrazone groups is 1. The van der Waals surface area contributed by atoms with Gasteiger partial charge in [0.25, 0.3) is 0 Å². The zero-order valence-electron chi connectivity index (χ0n) is 44.1. The Morgan fingerprint density at radius 1 is 0.775 bits per heavy atom. The number of hydrogen-bond acceptors (Lipinski definition) is 15. The third-order valence-electron chi connectivity index (χ3n) is 15.8. The minimum absolute atomic E-state index is 0.0279. The lowest BCUT2D eigenvalue weighted by Gasteiger charge is -2.49. The number of carbonyl (C=O) groups excluding carboxylic acids is 1. The molecule has 0 saturated carbocycles. The van der Waals surface area contributed by atoms with Crippen molar-refractivity contribution in [3.05, 3.63) is 108 Å². The van der Waals surface area contributed by atoms with E-state index in [-0.39, 0.29) is 31.4 Å². The lowest BCUT2D eigenvalue weighted by molar-refractivity contribution is -0.317. The molecule has 0 aromatic heterocycles. The van der Waals surface area contributed by atoms with Crippen LogP contribution in [0.25, 0.3) is 0 Å². The average molecular weight is 990 g/mol. The molecule has 3 aliphatic heterocycles. The van der Waals surface area contributed by atoms with Gasteiger partial charge in [-0.25, -0.2) is 0 Å². The fourth-order valence-corrected chi connectivity index (χ4v) is 11.5. The van der Waals surface area contributed by atoms with Gasteiger partial charge in [-0.3, -0.25) is 10.2 Å². The average Bonchev–Trinajstić information content (AvgIpc) is 3.34. The van der Waals surface area contributed by atoms with Crippen molar-refractivity contribution in [1.29, 1.82) is 0 Å². The molecule has 3 aromatic rings. The number of cyclic esters (lactones) is 1. The fraction of sp³-hybridized carbons (Fsp3) is 0.643. The van der Waals surface area contributed by atoms with Crippen molar-refractivity contribution in [2.24, 2.45) is 28.8 Å². The van der Waals surface area contributed by atoms with Crippen molar-refractivity contribution in [1.82, 2.24) is 10.3 Å². The Labute approximate surface area is 421 Å². The molecule has 0 radical (unpaired) electrons. The number of benzene rings is 3. The number of hydrogen-bond donors (Lipinski definition) is 6. The lowest BCUT2D eigenvalue weighted by atomic mass is 9.73. The van der Waals surface area contributed by atoms with Crippen LogP contribution in [0, 0.1) is 23.7 Å². The highest BCUT2D eigenvalue weighted by Gasteiger charge is 2.54. The van der Waals surface area contributed by atoms with Gasteiger partial charge in [0.1, 0.15) is 29.5 Å². The zero-order chi connectivity index (χ0) is 52.2. The van der Waals surface area contributed by atoms with Crippen LogP contribution < -0.4 is 5.43 Å². The SMILES string of the molecule is CCC1OC(=O)[C@H](C)C(O[C@H]2C[C@@](C)(OC)[C@@H](O)[C@H](C)O2)[C@H](C)[C@@H](O[C@@H]2O[C@H](C)C[C@H](N(C)C)[C@H]2O)[C@](C)(O)C[C@@H](C)/C(=N\NC(c2ccccc2)(c2ccccc2)c2ccccc2)[C@H](C)[C@@H](O)[C@]1(C)O. The molecular formula is C56H83N3O12. The van der Waals surface area contributed by atoms with Crippen LogP contribution in [0.1, 0.15) is 112 Å². The van der Waals surface area contributed by atoms with Gasteiger partial charge in [0.15, 0.2) is 12.6 Å². The zero-order valence-corrected chi connectivity index (χ0v) is 44.1. The quantitative estimate of drug-likeness (QED) is 0.0686. The van der Waals surface area contributed by atoms with Gasteiger partial charge < -0.3 is 58.9 Å². The Balaban J connectivity index is 1.54. The molecule has 15 nitrogen and oxygen atoms in total. The largest absolute Gasteiger partial charge is 0.459 e. The number of esters is 1. The predicted molar refractivity (Wildman–Crippen MR) is 271 cm³/mol. The highest BCUT2D eigenvalue weighted by Crippen LogP contribution is 2.42. The summed E-state index contributed by atoms with van der Waals surface area (Å²) in [6, 6.07) is 29.5. The number of aliphatic hydroxyl groups excluding tert-OH is 3. The van der Waals surface area contributed by atoms with Crippen LogP contribution in [-0.4, -0.2) is 148 Å². The fourth-order valence-electron chi connectivity index (χ4n) is 11.5. The second-order valence-corrected chi connectivity index (χ2v) is 21.6. The molecule has 3 saturated heterocycles. The van der Waals surface area contributed by atoms with Gasteiger partial charge in [0, 0.05) is 37.1 Å². The van der Waals surface area contributed by atoms with Crippen LogP contribution in [0.4, 0.5) is 0 Å². The summed E-state index contributed by atoms with van der Waals surface area (Å²) in [5, 5.41) is 66.7. The normalized spacial score (nSPS) is 39.7. The summed E-state index contributed by atoms with van der Waals surface area (Å²) in [4.78, 5) is 16.6. The van der Waals surface area contributed by atoms with Gasteiger partial charge in [-0.2, -0.15) is 5.10 Å². The molecule has 18 atom stereocenters. The van der Waals surface area contributed by atoms with E-state index in [0.717, 1.165) is 16.7 Å². The molecule has 15 heteroatoms. The first-order chi connectivity index (χ1) is 33.4.